The number of aliphatic hydroxyl groups is 1. The molecule has 0 fully saturated rings. The van der Waals surface area contributed by atoms with Gasteiger partial charge in [-0.1, -0.05) is 30.0 Å². The summed E-state index contributed by atoms with van der Waals surface area (Å²) in [5, 5.41) is 9.99. The van der Waals surface area contributed by atoms with E-state index in [-0.39, 0.29) is 11.3 Å². The summed E-state index contributed by atoms with van der Waals surface area (Å²) in [6.07, 6.45) is -1.21. The van der Waals surface area contributed by atoms with E-state index in [9.17, 15) is 13.9 Å². The molecule has 1 atom stereocenters. The lowest BCUT2D eigenvalue weighted by Gasteiger charge is -2.11. The van der Waals surface area contributed by atoms with Crippen LogP contribution in [0.2, 0.25) is 0 Å². The van der Waals surface area contributed by atoms with Crippen LogP contribution in [0.1, 0.15) is 11.7 Å². The number of para-hydroxylation sites is 1. The Bertz CT molecular complexity index is 722. The predicted molar refractivity (Wildman–Crippen MR) is 81.7 cm³/mol. The lowest BCUT2D eigenvalue weighted by atomic mass is 10.1. The first-order chi connectivity index (χ1) is 10.1. The largest absolute Gasteiger partial charge is 0.387 e. The van der Waals surface area contributed by atoms with E-state index in [1.54, 1.807) is 0 Å². The van der Waals surface area contributed by atoms with Gasteiger partial charge in [0.15, 0.2) is 4.34 Å². The second-order valence-corrected chi connectivity index (χ2v) is 6.71. The van der Waals surface area contributed by atoms with E-state index < -0.39 is 17.7 Å². The summed E-state index contributed by atoms with van der Waals surface area (Å²) < 4.78 is 29.0. The molecule has 0 amide bonds. The first-order valence-corrected chi connectivity index (χ1v) is 8.05. The Balaban J connectivity index is 1.75. The molecular weight excluding hydrogens is 312 g/mol. The molecule has 6 heteroatoms. The molecule has 3 rings (SSSR count). The molecule has 2 nitrogen and oxygen atoms in total. The van der Waals surface area contributed by atoms with E-state index in [1.807, 2.05) is 24.3 Å². The van der Waals surface area contributed by atoms with E-state index >= 15 is 0 Å². The van der Waals surface area contributed by atoms with E-state index in [0.717, 1.165) is 26.7 Å². The van der Waals surface area contributed by atoms with Crippen molar-refractivity contribution in [1.29, 1.82) is 0 Å². The number of nitrogens with zero attached hydrogens (tertiary/aromatic N) is 1. The summed E-state index contributed by atoms with van der Waals surface area (Å²) >= 11 is 2.79. The van der Waals surface area contributed by atoms with E-state index in [4.69, 9.17) is 0 Å². The monoisotopic (exact) mass is 323 g/mol. The summed E-state index contributed by atoms with van der Waals surface area (Å²) in [6, 6.07) is 11.3. The summed E-state index contributed by atoms with van der Waals surface area (Å²) in [5.74, 6) is -1.31. The fourth-order valence-electron chi connectivity index (χ4n) is 1.98. The zero-order valence-electron chi connectivity index (χ0n) is 10.8. The molecule has 1 unspecified atom stereocenters. The maximum Gasteiger partial charge on any atom is 0.151 e. The van der Waals surface area contributed by atoms with Crippen LogP contribution in [0.5, 0.6) is 0 Å². The van der Waals surface area contributed by atoms with Gasteiger partial charge in [-0.25, -0.2) is 13.8 Å². The van der Waals surface area contributed by atoms with E-state index in [2.05, 4.69) is 4.98 Å². The molecule has 0 radical (unpaired) electrons. The molecule has 0 aliphatic rings. The van der Waals surface area contributed by atoms with Crippen molar-refractivity contribution in [3.63, 3.8) is 0 Å². The Labute approximate surface area is 128 Å². The lowest BCUT2D eigenvalue weighted by molar-refractivity contribution is 0.193. The number of rotatable bonds is 4. The molecule has 0 saturated carbocycles. The van der Waals surface area contributed by atoms with E-state index in [0.29, 0.717) is 0 Å². The quantitative estimate of drug-likeness (QED) is 0.722. The van der Waals surface area contributed by atoms with Crippen molar-refractivity contribution in [3.8, 4) is 0 Å². The van der Waals surface area contributed by atoms with Crippen LogP contribution in [-0.4, -0.2) is 15.8 Å². The van der Waals surface area contributed by atoms with Crippen LogP contribution in [0, 0.1) is 11.6 Å². The third kappa shape index (κ3) is 3.07. The zero-order chi connectivity index (χ0) is 14.8. The Morgan fingerprint density at radius 1 is 1.10 bits per heavy atom. The SMILES string of the molecule is OC(CSc1nc2ccccc2s1)c1c(F)cccc1F. The summed E-state index contributed by atoms with van der Waals surface area (Å²) in [7, 11) is 0. The highest BCUT2D eigenvalue weighted by Gasteiger charge is 2.18. The van der Waals surface area contributed by atoms with Gasteiger partial charge in [0.25, 0.3) is 0 Å². The molecule has 108 valence electrons. The van der Waals surface area contributed by atoms with Crippen LogP contribution in [-0.2, 0) is 0 Å². The first kappa shape index (κ1) is 14.4. The summed E-state index contributed by atoms with van der Waals surface area (Å²) in [5.41, 5.74) is 0.600. The minimum atomic E-state index is -1.21. The highest BCUT2D eigenvalue weighted by molar-refractivity contribution is 8.01. The number of halogens is 2. The van der Waals surface area contributed by atoms with Gasteiger partial charge in [-0.05, 0) is 24.3 Å². The highest BCUT2D eigenvalue weighted by atomic mass is 32.2. The normalized spacial score (nSPS) is 12.7. The molecule has 1 N–H and O–H groups in total. The van der Waals surface area contributed by atoms with Crippen molar-refractivity contribution >= 4 is 33.3 Å². The maximum atomic E-state index is 13.6. The van der Waals surface area contributed by atoms with Crippen LogP contribution in [0.4, 0.5) is 8.78 Å². The fraction of sp³-hybridized carbons (Fsp3) is 0.133. The molecule has 21 heavy (non-hydrogen) atoms. The third-order valence-electron chi connectivity index (χ3n) is 2.97. The number of aromatic nitrogens is 1. The average molecular weight is 323 g/mol. The van der Waals surface area contributed by atoms with Gasteiger partial charge in [-0.3, -0.25) is 0 Å². The van der Waals surface area contributed by atoms with Crippen LogP contribution >= 0.6 is 23.1 Å². The molecule has 0 aliphatic carbocycles. The van der Waals surface area contributed by atoms with Crippen LogP contribution in [0.15, 0.2) is 46.8 Å². The topological polar surface area (TPSA) is 33.1 Å². The second kappa shape index (κ2) is 6.09. The molecule has 0 saturated heterocycles. The minimum Gasteiger partial charge on any atom is -0.387 e. The Kier molecular flexibility index (Phi) is 4.19. The Morgan fingerprint density at radius 2 is 1.81 bits per heavy atom. The van der Waals surface area contributed by atoms with Crippen LogP contribution in [0.25, 0.3) is 10.2 Å². The van der Waals surface area contributed by atoms with Gasteiger partial charge in [-0.15, -0.1) is 11.3 Å². The zero-order valence-corrected chi connectivity index (χ0v) is 12.4. The minimum absolute atomic E-state index is 0.150. The van der Waals surface area contributed by atoms with Gasteiger partial charge >= 0.3 is 0 Å². The standard InChI is InChI=1S/C15H11F2NOS2/c16-9-4-3-5-10(17)14(9)12(19)8-20-15-18-11-6-1-2-7-13(11)21-15/h1-7,12,19H,8H2. The number of hydrogen-bond donors (Lipinski definition) is 1. The number of thioether (sulfide) groups is 1. The van der Waals surface area contributed by atoms with Gasteiger partial charge < -0.3 is 5.11 Å². The molecule has 1 aromatic heterocycles. The smallest absolute Gasteiger partial charge is 0.151 e. The van der Waals surface area contributed by atoms with Crippen LogP contribution in [0.3, 0.4) is 0 Å². The third-order valence-corrected chi connectivity index (χ3v) is 5.23. The van der Waals surface area contributed by atoms with Crippen molar-refractivity contribution in [2.75, 3.05) is 5.75 Å². The molecule has 1 heterocycles. The molecule has 0 spiro atoms. The van der Waals surface area contributed by atoms with Gasteiger partial charge in [0, 0.05) is 5.75 Å². The van der Waals surface area contributed by atoms with Crippen molar-refractivity contribution in [2.24, 2.45) is 0 Å². The summed E-state index contributed by atoms with van der Waals surface area (Å²) in [6.45, 7) is 0. The maximum absolute atomic E-state index is 13.6. The molecular formula is C15H11F2NOS2. The van der Waals surface area contributed by atoms with Gasteiger partial charge in [0.2, 0.25) is 0 Å². The Hall–Kier alpha value is -1.50. The molecule has 2 aromatic carbocycles. The van der Waals surface area contributed by atoms with Crippen molar-refractivity contribution in [1.82, 2.24) is 4.98 Å². The number of fused-ring (bicyclic) bond motifs is 1. The van der Waals surface area contributed by atoms with Gasteiger partial charge in [0.1, 0.15) is 11.6 Å². The molecule has 3 aromatic rings. The number of benzene rings is 2. The highest BCUT2D eigenvalue weighted by Crippen LogP contribution is 2.32. The lowest BCUT2D eigenvalue weighted by Crippen LogP contribution is -2.06. The van der Waals surface area contributed by atoms with Crippen molar-refractivity contribution in [2.45, 2.75) is 10.4 Å². The number of aliphatic hydroxyl groups excluding tert-OH is 1. The number of hydrogen-bond acceptors (Lipinski definition) is 4. The van der Waals surface area contributed by atoms with Crippen LogP contribution < -0.4 is 0 Å². The fourth-order valence-corrected chi connectivity index (χ4v) is 4.01. The molecule has 0 bridgehead atoms. The first-order valence-electron chi connectivity index (χ1n) is 6.25. The molecule has 0 aliphatic heterocycles. The van der Waals surface area contributed by atoms with Gasteiger partial charge in [-0.2, -0.15) is 0 Å². The number of thiazole rings is 1. The van der Waals surface area contributed by atoms with Crippen molar-refractivity contribution in [3.05, 3.63) is 59.7 Å². The predicted octanol–water partition coefficient (Wildman–Crippen LogP) is 4.40. The van der Waals surface area contributed by atoms with E-state index in [1.165, 1.54) is 29.2 Å². The average Bonchev–Trinajstić information content (AvgIpc) is 2.87. The summed E-state index contributed by atoms with van der Waals surface area (Å²) in [4.78, 5) is 4.41. The van der Waals surface area contributed by atoms with Crippen molar-refractivity contribution < 1.29 is 13.9 Å². The Morgan fingerprint density at radius 3 is 2.52 bits per heavy atom. The van der Waals surface area contributed by atoms with Gasteiger partial charge in [0.05, 0.1) is 21.9 Å². The second-order valence-electron chi connectivity index (χ2n) is 4.41.